The lowest BCUT2D eigenvalue weighted by atomic mass is 9.91. The predicted octanol–water partition coefficient (Wildman–Crippen LogP) is 3.82. The van der Waals surface area contributed by atoms with Crippen molar-refractivity contribution in [2.45, 2.75) is 44.7 Å². The van der Waals surface area contributed by atoms with Gasteiger partial charge in [0.1, 0.15) is 17.5 Å². The van der Waals surface area contributed by atoms with Crippen molar-refractivity contribution in [3.05, 3.63) is 47.0 Å². The van der Waals surface area contributed by atoms with Gasteiger partial charge in [-0.1, -0.05) is 0 Å². The second kappa shape index (κ2) is 9.78. The Kier molecular flexibility index (Phi) is 7.66. The van der Waals surface area contributed by atoms with Crippen molar-refractivity contribution < 1.29 is 18.0 Å². The summed E-state index contributed by atoms with van der Waals surface area (Å²) in [6.07, 6.45) is 3.01. The smallest absolute Gasteiger partial charge is 0.251 e. The Hall–Kier alpha value is -2.55. The summed E-state index contributed by atoms with van der Waals surface area (Å²) in [7, 11) is 1.79. The van der Waals surface area contributed by atoms with Gasteiger partial charge in [0.2, 0.25) is 0 Å². The number of anilines is 2. The molecule has 1 aliphatic carbocycles. The van der Waals surface area contributed by atoms with Gasteiger partial charge in [-0.15, -0.1) is 12.4 Å². The highest BCUT2D eigenvalue weighted by Crippen LogP contribution is 2.23. The number of hydrogen-bond acceptors (Lipinski definition) is 5. The Balaban J connectivity index is 0.00000300. The summed E-state index contributed by atoms with van der Waals surface area (Å²) in [4.78, 5) is 20.8. The molecule has 1 aromatic carbocycles. The zero-order valence-corrected chi connectivity index (χ0v) is 16.9. The molecule has 6 nitrogen and oxygen atoms in total. The van der Waals surface area contributed by atoms with Gasteiger partial charge in [-0.05, 0) is 44.7 Å². The van der Waals surface area contributed by atoms with Gasteiger partial charge in [-0.3, -0.25) is 4.79 Å². The number of carbonyl (C=O) groups is 1. The molecule has 3 N–H and O–H groups in total. The van der Waals surface area contributed by atoms with Crippen molar-refractivity contribution in [3.8, 4) is 0 Å². The number of rotatable bonds is 5. The average Bonchev–Trinajstić information content (AvgIpc) is 2.66. The second-order valence-corrected chi connectivity index (χ2v) is 6.86. The molecule has 0 aliphatic heterocycles. The Labute approximate surface area is 173 Å². The van der Waals surface area contributed by atoms with E-state index in [1.807, 2.05) is 13.0 Å². The normalized spacial score (nSPS) is 18.5. The minimum absolute atomic E-state index is 0. The third-order valence-electron chi connectivity index (χ3n) is 4.75. The molecule has 10 heteroatoms. The molecule has 0 spiro atoms. The molecule has 0 atom stereocenters. The van der Waals surface area contributed by atoms with E-state index in [9.17, 15) is 18.0 Å². The van der Waals surface area contributed by atoms with Crippen LogP contribution in [0.25, 0.3) is 0 Å². The highest BCUT2D eigenvalue weighted by atomic mass is 35.5. The van der Waals surface area contributed by atoms with Crippen LogP contribution in [-0.2, 0) is 0 Å². The lowest BCUT2D eigenvalue weighted by molar-refractivity contribution is 0.0925. The summed E-state index contributed by atoms with van der Waals surface area (Å²) in [5.74, 6) is -2.81. The van der Waals surface area contributed by atoms with Crippen molar-refractivity contribution in [2.75, 3.05) is 17.7 Å². The lowest BCUT2D eigenvalue weighted by Gasteiger charge is -2.30. The first-order chi connectivity index (χ1) is 13.4. The second-order valence-electron chi connectivity index (χ2n) is 6.86. The minimum atomic E-state index is -1.58. The maximum Gasteiger partial charge on any atom is 0.251 e. The quantitative estimate of drug-likeness (QED) is 0.630. The van der Waals surface area contributed by atoms with Crippen molar-refractivity contribution in [1.82, 2.24) is 15.3 Å². The van der Waals surface area contributed by atoms with Gasteiger partial charge in [0, 0.05) is 30.8 Å². The van der Waals surface area contributed by atoms with Crippen molar-refractivity contribution in [1.29, 1.82) is 0 Å². The van der Waals surface area contributed by atoms with E-state index in [1.54, 1.807) is 7.05 Å². The highest BCUT2D eigenvalue weighted by molar-refractivity contribution is 5.94. The van der Waals surface area contributed by atoms with Gasteiger partial charge in [-0.25, -0.2) is 23.1 Å². The Bertz CT molecular complexity index is 852. The Morgan fingerprint density at radius 3 is 2.10 bits per heavy atom. The average molecular weight is 430 g/mol. The Morgan fingerprint density at radius 1 is 0.966 bits per heavy atom. The van der Waals surface area contributed by atoms with E-state index in [2.05, 4.69) is 25.9 Å². The molecule has 1 aliphatic rings. The van der Waals surface area contributed by atoms with E-state index >= 15 is 0 Å². The molecule has 1 heterocycles. The summed E-state index contributed by atoms with van der Waals surface area (Å²) in [6.45, 7) is 1.82. The van der Waals surface area contributed by atoms with Crippen molar-refractivity contribution >= 4 is 29.9 Å². The van der Waals surface area contributed by atoms with E-state index in [0.29, 0.717) is 30.8 Å². The largest absolute Gasteiger partial charge is 0.373 e. The number of halogens is 4. The van der Waals surface area contributed by atoms with Crippen LogP contribution < -0.4 is 16.0 Å². The van der Waals surface area contributed by atoms with E-state index in [0.717, 1.165) is 24.5 Å². The molecule has 0 radical (unpaired) electrons. The first-order valence-corrected chi connectivity index (χ1v) is 9.11. The number of aryl methyl sites for hydroxylation is 1. The van der Waals surface area contributed by atoms with E-state index in [-0.39, 0.29) is 30.1 Å². The summed E-state index contributed by atoms with van der Waals surface area (Å²) in [5.41, 5.74) is -0.229. The van der Waals surface area contributed by atoms with Crippen molar-refractivity contribution in [3.63, 3.8) is 0 Å². The summed E-state index contributed by atoms with van der Waals surface area (Å²) in [5, 5.41) is 9.13. The first kappa shape index (κ1) is 22.7. The fraction of sp³-hybridized carbons (Fsp3) is 0.421. The summed E-state index contributed by atoms with van der Waals surface area (Å²) in [6, 6.07) is 3.34. The maximum atomic E-state index is 13.3. The molecule has 0 saturated heterocycles. The van der Waals surface area contributed by atoms with E-state index in [1.165, 1.54) is 0 Å². The molecule has 1 aromatic heterocycles. The van der Waals surface area contributed by atoms with Gasteiger partial charge in [0.25, 0.3) is 5.91 Å². The number of hydrogen-bond donors (Lipinski definition) is 3. The van der Waals surface area contributed by atoms with E-state index in [4.69, 9.17) is 0 Å². The number of amides is 1. The van der Waals surface area contributed by atoms with Crippen LogP contribution in [0.5, 0.6) is 0 Å². The number of aromatic nitrogens is 2. The number of nitrogens with one attached hydrogen (secondary N) is 3. The zero-order valence-electron chi connectivity index (χ0n) is 16.1. The molecule has 2 aromatic rings. The molecule has 1 amide bonds. The van der Waals surface area contributed by atoms with Gasteiger partial charge in [0.15, 0.2) is 17.5 Å². The minimum Gasteiger partial charge on any atom is -0.373 e. The maximum absolute atomic E-state index is 13.3. The van der Waals surface area contributed by atoms with Crippen LogP contribution in [0.4, 0.5) is 24.8 Å². The molecule has 158 valence electrons. The van der Waals surface area contributed by atoms with Crippen molar-refractivity contribution in [2.24, 2.45) is 0 Å². The molecular formula is C19H23ClF3N5O. The highest BCUT2D eigenvalue weighted by Gasteiger charge is 2.24. The fourth-order valence-electron chi connectivity index (χ4n) is 3.32. The Morgan fingerprint density at radius 2 is 1.52 bits per heavy atom. The summed E-state index contributed by atoms with van der Waals surface area (Å²) >= 11 is 0. The van der Waals surface area contributed by atoms with Crippen LogP contribution in [0.2, 0.25) is 0 Å². The van der Waals surface area contributed by atoms with Gasteiger partial charge in [-0.2, -0.15) is 0 Å². The van der Waals surface area contributed by atoms with Crippen LogP contribution in [0.15, 0.2) is 18.2 Å². The number of benzene rings is 1. The molecular weight excluding hydrogens is 407 g/mol. The molecule has 0 unspecified atom stereocenters. The van der Waals surface area contributed by atoms with Crippen LogP contribution in [0.3, 0.4) is 0 Å². The van der Waals surface area contributed by atoms with Crippen LogP contribution in [0.1, 0.15) is 41.9 Å². The zero-order chi connectivity index (χ0) is 20.3. The van der Waals surface area contributed by atoms with Crippen LogP contribution in [0, 0.1) is 24.4 Å². The molecule has 0 bridgehead atoms. The molecule has 3 rings (SSSR count). The molecule has 29 heavy (non-hydrogen) atoms. The third kappa shape index (κ3) is 5.72. The standard InChI is InChI=1S/C19H22F3N5O.ClH/c1-10-24-16(23-2)9-17(25-10)26-12-3-5-13(6-4-12)27-19(28)11-7-14(20)18(22)15(21)8-11;/h7-9,12-13H,3-6H2,1-2H3,(H,27,28)(H2,23,24,25,26);1H/t12-,13+;. The first-order valence-electron chi connectivity index (χ1n) is 9.11. The topological polar surface area (TPSA) is 78.9 Å². The van der Waals surface area contributed by atoms with Gasteiger partial charge in [0.05, 0.1) is 0 Å². The van der Waals surface area contributed by atoms with Crippen LogP contribution >= 0.6 is 12.4 Å². The fourth-order valence-corrected chi connectivity index (χ4v) is 3.32. The summed E-state index contributed by atoms with van der Waals surface area (Å²) < 4.78 is 39.6. The van der Waals surface area contributed by atoms with Gasteiger partial charge >= 0.3 is 0 Å². The predicted molar refractivity (Wildman–Crippen MR) is 107 cm³/mol. The monoisotopic (exact) mass is 429 g/mol. The lowest BCUT2D eigenvalue weighted by Crippen LogP contribution is -2.40. The van der Waals surface area contributed by atoms with E-state index < -0.39 is 23.4 Å². The number of nitrogens with zero attached hydrogens (tertiary/aromatic N) is 2. The molecule has 1 saturated carbocycles. The SMILES string of the molecule is CNc1cc(N[C@H]2CC[C@@H](NC(=O)c3cc(F)c(F)c(F)c3)CC2)nc(C)n1.Cl. The third-order valence-corrected chi connectivity index (χ3v) is 4.75. The molecule has 1 fully saturated rings. The van der Waals surface area contributed by atoms with Crippen LogP contribution in [-0.4, -0.2) is 35.0 Å². The van der Waals surface area contributed by atoms with Gasteiger partial charge < -0.3 is 16.0 Å². The number of carbonyl (C=O) groups excluding carboxylic acids is 1.